The van der Waals surface area contributed by atoms with Crippen LogP contribution in [0.5, 0.6) is 0 Å². The summed E-state index contributed by atoms with van der Waals surface area (Å²) in [5.74, 6) is -4.98. The van der Waals surface area contributed by atoms with Gasteiger partial charge < -0.3 is 44.5 Å². The fraction of sp³-hybridized carbons (Fsp3) is 0.933. The van der Waals surface area contributed by atoms with Gasteiger partial charge in [0.15, 0.2) is 0 Å². The fourth-order valence-corrected chi connectivity index (χ4v) is 2.47. The molecule has 148 valence electrons. The molecule has 6 atom stereocenters. The van der Waals surface area contributed by atoms with E-state index in [2.05, 4.69) is 0 Å². The van der Waals surface area contributed by atoms with E-state index in [9.17, 15) is 25.2 Å². The number of aliphatic hydroxyl groups is 4. The van der Waals surface area contributed by atoms with Crippen LogP contribution in [-0.4, -0.2) is 102 Å². The van der Waals surface area contributed by atoms with Crippen molar-refractivity contribution in [1.29, 1.82) is 0 Å². The van der Waals surface area contributed by atoms with Crippen LogP contribution in [0.2, 0.25) is 0 Å². The Morgan fingerprint density at radius 3 is 2.44 bits per heavy atom. The van der Waals surface area contributed by atoms with Crippen LogP contribution in [0.25, 0.3) is 0 Å². The predicted octanol–water partition coefficient (Wildman–Crippen LogP) is -2.05. The van der Waals surface area contributed by atoms with Gasteiger partial charge >= 0.3 is 5.97 Å². The quantitative estimate of drug-likeness (QED) is 0.257. The summed E-state index contributed by atoms with van der Waals surface area (Å²) in [7, 11) is 1.55. The number of aliphatic carboxylic acids is 1. The highest BCUT2D eigenvalue weighted by molar-refractivity contribution is 5.75. The van der Waals surface area contributed by atoms with Crippen molar-refractivity contribution in [2.45, 2.75) is 43.5 Å². The Bertz CT molecular complexity index is 406. The summed E-state index contributed by atoms with van der Waals surface area (Å²) in [5, 5.41) is 49.1. The molecule has 0 amide bonds. The second kappa shape index (κ2) is 10.3. The van der Waals surface area contributed by atoms with Gasteiger partial charge in [-0.2, -0.15) is 0 Å². The van der Waals surface area contributed by atoms with Gasteiger partial charge in [0.05, 0.1) is 45.2 Å². The molecule has 1 aliphatic heterocycles. The fourth-order valence-electron chi connectivity index (χ4n) is 2.47. The number of carbonyl (C=O) groups is 1. The highest BCUT2D eigenvalue weighted by Gasteiger charge is 2.52. The average Bonchev–Trinajstić information content (AvgIpc) is 2.56. The number of aliphatic hydroxyl groups excluding tert-OH is 3. The lowest BCUT2D eigenvalue weighted by atomic mass is 9.85. The predicted molar refractivity (Wildman–Crippen MR) is 82.8 cm³/mol. The number of methoxy groups -OCH3 is 1. The molecule has 10 nitrogen and oxygen atoms in total. The van der Waals surface area contributed by atoms with Crippen LogP contribution in [0.3, 0.4) is 0 Å². The zero-order valence-corrected chi connectivity index (χ0v) is 14.4. The molecule has 0 aromatic carbocycles. The molecule has 25 heavy (non-hydrogen) atoms. The van der Waals surface area contributed by atoms with Crippen LogP contribution in [0.15, 0.2) is 0 Å². The first-order chi connectivity index (χ1) is 11.7. The molecule has 1 aliphatic rings. The zero-order valence-electron chi connectivity index (χ0n) is 14.4. The lowest BCUT2D eigenvalue weighted by Gasteiger charge is -2.43. The van der Waals surface area contributed by atoms with E-state index in [1.807, 2.05) is 0 Å². The summed E-state index contributed by atoms with van der Waals surface area (Å²) in [5.41, 5.74) is 0. The molecule has 5 N–H and O–H groups in total. The van der Waals surface area contributed by atoms with Gasteiger partial charge in [-0.3, -0.25) is 0 Å². The Morgan fingerprint density at radius 2 is 1.84 bits per heavy atom. The first-order valence-electron chi connectivity index (χ1n) is 8.05. The number of carboxylic acids is 1. The number of carboxylic acid groups (broad SMARTS) is 1. The molecule has 1 heterocycles. The molecule has 0 aliphatic carbocycles. The van der Waals surface area contributed by atoms with Gasteiger partial charge in [-0.15, -0.1) is 0 Å². The minimum atomic E-state index is -2.62. The van der Waals surface area contributed by atoms with E-state index in [0.29, 0.717) is 13.2 Å². The third kappa shape index (κ3) is 6.42. The topological polar surface area (TPSA) is 155 Å². The molecule has 1 rings (SSSR count). The number of ether oxygens (including phenoxy) is 4. The maximum atomic E-state index is 11.1. The summed E-state index contributed by atoms with van der Waals surface area (Å²) in [6, 6.07) is 0. The summed E-state index contributed by atoms with van der Waals surface area (Å²) in [6.45, 7) is 2.59. The zero-order chi connectivity index (χ0) is 19.0. The van der Waals surface area contributed by atoms with Crippen LogP contribution in [0, 0.1) is 5.92 Å². The smallest absolute Gasteiger partial charge is 0.364 e. The van der Waals surface area contributed by atoms with Gasteiger partial charge in [0.25, 0.3) is 5.79 Å². The van der Waals surface area contributed by atoms with Crippen molar-refractivity contribution in [3.63, 3.8) is 0 Å². The van der Waals surface area contributed by atoms with Crippen molar-refractivity contribution in [3.8, 4) is 0 Å². The molecule has 1 fully saturated rings. The highest BCUT2D eigenvalue weighted by atomic mass is 16.7. The molecule has 0 radical (unpaired) electrons. The van der Waals surface area contributed by atoms with Crippen molar-refractivity contribution < 1.29 is 49.3 Å². The third-order valence-electron chi connectivity index (χ3n) is 4.10. The molecule has 1 unspecified atom stereocenters. The van der Waals surface area contributed by atoms with E-state index in [1.54, 1.807) is 7.11 Å². The van der Waals surface area contributed by atoms with Gasteiger partial charge in [0.1, 0.15) is 12.2 Å². The molecule has 10 heteroatoms. The Balaban J connectivity index is 2.47. The van der Waals surface area contributed by atoms with E-state index in [4.69, 9.17) is 24.1 Å². The number of hydrogen-bond donors (Lipinski definition) is 5. The first kappa shape index (κ1) is 22.2. The molecule has 0 bridgehead atoms. The molecule has 0 aromatic rings. The largest absolute Gasteiger partial charge is 0.477 e. The minimum Gasteiger partial charge on any atom is -0.477 e. The van der Waals surface area contributed by atoms with Crippen molar-refractivity contribution in [1.82, 2.24) is 0 Å². The maximum absolute atomic E-state index is 11.1. The monoisotopic (exact) mass is 368 g/mol. The van der Waals surface area contributed by atoms with E-state index >= 15 is 0 Å². The summed E-state index contributed by atoms with van der Waals surface area (Å²) < 4.78 is 20.2. The molecule has 0 aromatic heterocycles. The van der Waals surface area contributed by atoms with Crippen LogP contribution >= 0.6 is 0 Å². The second-order valence-electron chi connectivity index (χ2n) is 6.04. The van der Waals surface area contributed by atoms with Crippen molar-refractivity contribution in [3.05, 3.63) is 0 Å². The van der Waals surface area contributed by atoms with Crippen LogP contribution in [0.4, 0.5) is 0 Å². The van der Waals surface area contributed by atoms with E-state index in [-0.39, 0.29) is 19.8 Å². The van der Waals surface area contributed by atoms with Gasteiger partial charge in [0, 0.05) is 19.4 Å². The summed E-state index contributed by atoms with van der Waals surface area (Å²) in [4.78, 5) is 11.1. The maximum Gasteiger partial charge on any atom is 0.364 e. The lowest BCUT2D eigenvalue weighted by Crippen LogP contribution is -2.60. The van der Waals surface area contributed by atoms with E-state index in [1.165, 1.54) is 6.92 Å². The Morgan fingerprint density at radius 1 is 1.24 bits per heavy atom. The molecular weight excluding hydrogens is 340 g/mol. The molecule has 0 saturated carbocycles. The molecular formula is C15H28O10. The third-order valence-corrected chi connectivity index (χ3v) is 4.10. The van der Waals surface area contributed by atoms with Crippen molar-refractivity contribution in [2.75, 3.05) is 40.1 Å². The van der Waals surface area contributed by atoms with E-state index in [0.717, 1.165) is 0 Å². The van der Waals surface area contributed by atoms with Gasteiger partial charge in [-0.25, -0.2) is 4.79 Å². The second-order valence-corrected chi connectivity index (χ2v) is 6.04. The van der Waals surface area contributed by atoms with Crippen molar-refractivity contribution >= 4 is 5.97 Å². The highest BCUT2D eigenvalue weighted by Crippen LogP contribution is 2.33. The van der Waals surface area contributed by atoms with Gasteiger partial charge in [-0.1, -0.05) is 6.92 Å². The minimum absolute atomic E-state index is 0.177. The Labute approximate surface area is 145 Å². The summed E-state index contributed by atoms with van der Waals surface area (Å²) >= 11 is 0. The Kier molecular flexibility index (Phi) is 9.17. The molecule has 0 spiro atoms. The number of rotatable bonds is 11. The van der Waals surface area contributed by atoms with Crippen molar-refractivity contribution in [2.24, 2.45) is 5.92 Å². The Hall–Kier alpha value is -0.850. The van der Waals surface area contributed by atoms with Crippen LogP contribution < -0.4 is 0 Å². The van der Waals surface area contributed by atoms with E-state index < -0.39 is 48.5 Å². The lowest BCUT2D eigenvalue weighted by molar-refractivity contribution is -0.302. The molecule has 1 saturated heterocycles. The van der Waals surface area contributed by atoms with Gasteiger partial charge in [-0.05, 0) is 0 Å². The van der Waals surface area contributed by atoms with Crippen LogP contribution in [0.1, 0.15) is 13.3 Å². The SMILES string of the molecule is COCCOCCOC[C@@H](O)[C@@H](O)C1O[C@](O)(C(=O)O)C[C@@H](O)[C@H]1C. The standard InChI is InChI=1S/C15H28O10/c1-9-10(16)7-15(21,14(19)20)25-13(9)12(18)11(17)8-24-6-5-23-4-3-22-2/h9-13,16-18,21H,3-8H2,1-2H3,(H,19,20)/t9-,10-,11-,12-,13?,15+/m1/s1. The average molecular weight is 368 g/mol. The van der Waals surface area contributed by atoms with Gasteiger partial charge in [0.2, 0.25) is 0 Å². The number of hydrogen-bond acceptors (Lipinski definition) is 9. The van der Waals surface area contributed by atoms with Crippen LogP contribution in [-0.2, 0) is 23.7 Å². The first-order valence-corrected chi connectivity index (χ1v) is 8.05. The summed E-state index contributed by atoms with van der Waals surface area (Å²) in [6.07, 6.45) is -5.96. The normalized spacial score (nSPS) is 32.3.